The SMILES string of the molecule is Cc1cc(CN2CCN(C(=O)Nc3ccc(Oc4ccccc4)cc3)CC2)on1. The number of piperazine rings is 1. The van der Waals surface area contributed by atoms with Gasteiger partial charge in [0.25, 0.3) is 0 Å². The maximum atomic E-state index is 12.5. The fourth-order valence-corrected chi connectivity index (χ4v) is 3.25. The summed E-state index contributed by atoms with van der Waals surface area (Å²) in [5.74, 6) is 2.37. The van der Waals surface area contributed by atoms with E-state index < -0.39 is 0 Å². The van der Waals surface area contributed by atoms with Gasteiger partial charge in [0.2, 0.25) is 0 Å². The smallest absolute Gasteiger partial charge is 0.321 e. The minimum Gasteiger partial charge on any atom is -0.457 e. The van der Waals surface area contributed by atoms with Crippen molar-refractivity contribution in [3.8, 4) is 11.5 Å². The number of carbonyl (C=O) groups excluding carboxylic acids is 1. The fourth-order valence-electron chi connectivity index (χ4n) is 3.25. The van der Waals surface area contributed by atoms with E-state index in [-0.39, 0.29) is 6.03 Å². The highest BCUT2D eigenvalue weighted by Crippen LogP contribution is 2.23. The largest absolute Gasteiger partial charge is 0.457 e. The van der Waals surface area contributed by atoms with E-state index in [4.69, 9.17) is 9.26 Å². The van der Waals surface area contributed by atoms with Crippen LogP contribution < -0.4 is 10.1 Å². The molecule has 29 heavy (non-hydrogen) atoms. The number of aryl methyl sites for hydroxylation is 1. The topological polar surface area (TPSA) is 70.8 Å². The second-order valence-electron chi connectivity index (χ2n) is 7.07. The lowest BCUT2D eigenvalue weighted by molar-refractivity contribution is 0.134. The average molecular weight is 392 g/mol. The third-order valence-corrected chi connectivity index (χ3v) is 4.80. The molecule has 0 saturated carbocycles. The maximum Gasteiger partial charge on any atom is 0.321 e. The highest BCUT2D eigenvalue weighted by atomic mass is 16.5. The molecule has 0 aliphatic carbocycles. The standard InChI is InChI=1S/C22H24N4O3/c1-17-15-21(29-24-17)16-25-11-13-26(14-12-25)22(27)23-18-7-9-20(10-8-18)28-19-5-3-2-4-6-19/h2-10,15H,11-14,16H2,1H3,(H,23,27). The Morgan fingerprint density at radius 1 is 1.03 bits per heavy atom. The van der Waals surface area contributed by atoms with Crippen LogP contribution in [-0.2, 0) is 6.54 Å². The molecule has 2 amide bonds. The molecule has 2 aromatic carbocycles. The lowest BCUT2D eigenvalue weighted by Crippen LogP contribution is -2.49. The van der Waals surface area contributed by atoms with Crippen LogP contribution in [0.25, 0.3) is 0 Å². The third-order valence-electron chi connectivity index (χ3n) is 4.80. The van der Waals surface area contributed by atoms with Crippen molar-refractivity contribution in [2.24, 2.45) is 0 Å². The van der Waals surface area contributed by atoms with Crippen molar-refractivity contribution < 1.29 is 14.1 Å². The molecule has 1 fully saturated rings. The van der Waals surface area contributed by atoms with E-state index in [0.29, 0.717) is 13.1 Å². The molecule has 0 unspecified atom stereocenters. The number of amides is 2. The predicted octanol–water partition coefficient (Wildman–Crippen LogP) is 4.13. The molecule has 150 valence electrons. The fraction of sp³-hybridized carbons (Fsp3) is 0.273. The molecule has 1 aromatic heterocycles. The Morgan fingerprint density at radius 3 is 2.38 bits per heavy atom. The lowest BCUT2D eigenvalue weighted by atomic mass is 10.3. The summed E-state index contributed by atoms with van der Waals surface area (Å²) in [4.78, 5) is 16.6. The van der Waals surface area contributed by atoms with E-state index in [1.54, 1.807) is 0 Å². The van der Waals surface area contributed by atoms with E-state index >= 15 is 0 Å². The Kier molecular flexibility index (Phi) is 5.76. The molecule has 1 aliphatic rings. The Labute approximate surface area is 169 Å². The number of aromatic nitrogens is 1. The number of hydrogen-bond acceptors (Lipinski definition) is 5. The van der Waals surface area contributed by atoms with Crippen molar-refractivity contribution in [2.75, 3.05) is 31.5 Å². The normalized spacial score (nSPS) is 14.6. The van der Waals surface area contributed by atoms with Gasteiger partial charge in [0.1, 0.15) is 11.5 Å². The minimum atomic E-state index is -0.0862. The number of rotatable bonds is 5. The number of nitrogens with one attached hydrogen (secondary N) is 1. The summed E-state index contributed by atoms with van der Waals surface area (Å²) in [6, 6.07) is 18.9. The molecule has 7 nitrogen and oxygen atoms in total. The Balaban J connectivity index is 1.25. The molecular weight excluding hydrogens is 368 g/mol. The molecule has 1 N–H and O–H groups in total. The number of hydrogen-bond donors (Lipinski definition) is 1. The van der Waals surface area contributed by atoms with E-state index in [1.807, 2.05) is 72.5 Å². The van der Waals surface area contributed by atoms with Crippen molar-refractivity contribution in [3.05, 3.63) is 72.1 Å². The molecule has 1 saturated heterocycles. The van der Waals surface area contributed by atoms with Crippen LogP contribution in [-0.4, -0.2) is 47.2 Å². The van der Waals surface area contributed by atoms with Gasteiger partial charge in [0, 0.05) is 37.9 Å². The van der Waals surface area contributed by atoms with Crippen molar-refractivity contribution >= 4 is 11.7 Å². The summed E-state index contributed by atoms with van der Waals surface area (Å²) in [6.45, 7) is 5.59. The first kappa shape index (κ1) is 19.0. The monoisotopic (exact) mass is 392 g/mol. The third kappa shape index (κ3) is 5.14. The van der Waals surface area contributed by atoms with Crippen LogP contribution in [0.1, 0.15) is 11.5 Å². The van der Waals surface area contributed by atoms with Gasteiger partial charge in [-0.15, -0.1) is 0 Å². The quantitative estimate of drug-likeness (QED) is 0.707. The molecule has 0 bridgehead atoms. The van der Waals surface area contributed by atoms with E-state index in [9.17, 15) is 4.79 Å². The molecule has 2 heterocycles. The second kappa shape index (κ2) is 8.79. The minimum absolute atomic E-state index is 0.0862. The molecule has 7 heteroatoms. The summed E-state index contributed by atoms with van der Waals surface area (Å²) in [6.07, 6.45) is 0. The summed E-state index contributed by atoms with van der Waals surface area (Å²) in [7, 11) is 0. The second-order valence-corrected chi connectivity index (χ2v) is 7.07. The van der Waals surface area contributed by atoms with Crippen LogP contribution in [0.2, 0.25) is 0 Å². The average Bonchev–Trinajstić information content (AvgIpc) is 3.15. The first-order chi connectivity index (χ1) is 14.2. The summed E-state index contributed by atoms with van der Waals surface area (Å²) < 4.78 is 11.0. The van der Waals surface area contributed by atoms with Crippen LogP contribution in [0, 0.1) is 6.92 Å². The zero-order valence-electron chi connectivity index (χ0n) is 16.4. The molecule has 0 spiro atoms. The number of ether oxygens (including phenoxy) is 1. The molecule has 0 atom stereocenters. The molecule has 0 radical (unpaired) electrons. The maximum absolute atomic E-state index is 12.5. The van der Waals surface area contributed by atoms with Crippen molar-refractivity contribution in [2.45, 2.75) is 13.5 Å². The zero-order chi connectivity index (χ0) is 20.1. The van der Waals surface area contributed by atoms with Crippen molar-refractivity contribution in [1.82, 2.24) is 15.0 Å². The zero-order valence-corrected chi connectivity index (χ0v) is 16.4. The first-order valence-corrected chi connectivity index (χ1v) is 9.69. The van der Waals surface area contributed by atoms with Gasteiger partial charge in [-0.3, -0.25) is 4.90 Å². The number of para-hydroxylation sites is 1. The van der Waals surface area contributed by atoms with Gasteiger partial charge in [-0.2, -0.15) is 0 Å². The van der Waals surface area contributed by atoms with Gasteiger partial charge in [-0.25, -0.2) is 4.79 Å². The Bertz CT molecular complexity index is 932. The van der Waals surface area contributed by atoms with Crippen molar-refractivity contribution in [3.63, 3.8) is 0 Å². The van der Waals surface area contributed by atoms with Gasteiger partial charge in [0.05, 0.1) is 12.2 Å². The number of anilines is 1. The van der Waals surface area contributed by atoms with Gasteiger partial charge < -0.3 is 19.5 Å². The van der Waals surface area contributed by atoms with E-state index in [1.165, 1.54) is 0 Å². The molecule has 4 rings (SSSR count). The predicted molar refractivity (Wildman–Crippen MR) is 110 cm³/mol. The van der Waals surface area contributed by atoms with E-state index in [2.05, 4.69) is 15.4 Å². The van der Waals surface area contributed by atoms with Gasteiger partial charge in [0.15, 0.2) is 5.76 Å². The summed E-state index contributed by atoms with van der Waals surface area (Å²) >= 11 is 0. The highest BCUT2D eigenvalue weighted by Gasteiger charge is 2.22. The molecular formula is C22H24N4O3. The number of urea groups is 1. The van der Waals surface area contributed by atoms with Crippen LogP contribution in [0.5, 0.6) is 11.5 Å². The van der Waals surface area contributed by atoms with E-state index in [0.717, 1.165) is 48.3 Å². The van der Waals surface area contributed by atoms with Gasteiger partial charge in [-0.05, 0) is 43.3 Å². The molecule has 1 aliphatic heterocycles. The highest BCUT2D eigenvalue weighted by molar-refractivity contribution is 5.89. The first-order valence-electron chi connectivity index (χ1n) is 9.69. The Hall–Kier alpha value is -3.32. The Morgan fingerprint density at radius 2 is 1.72 bits per heavy atom. The number of carbonyl (C=O) groups is 1. The van der Waals surface area contributed by atoms with Crippen molar-refractivity contribution in [1.29, 1.82) is 0 Å². The van der Waals surface area contributed by atoms with Crippen LogP contribution in [0.4, 0.5) is 10.5 Å². The van der Waals surface area contributed by atoms with Crippen LogP contribution in [0.15, 0.2) is 65.2 Å². The summed E-state index contributed by atoms with van der Waals surface area (Å²) in [5.41, 5.74) is 1.63. The van der Waals surface area contributed by atoms with Gasteiger partial charge >= 0.3 is 6.03 Å². The number of nitrogens with zero attached hydrogens (tertiary/aromatic N) is 3. The lowest BCUT2D eigenvalue weighted by Gasteiger charge is -2.34. The molecule has 3 aromatic rings. The van der Waals surface area contributed by atoms with Gasteiger partial charge in [-0.1, -0.05) is 23.4 Å². The summed E-state index contributed by atoms with van der Waals surface area (Å²) in [5, 5.41) is 6.87. The number of benzene rings is 2. The van der Waals surface area contributed by atoms with Crippen LogP contribution in [0.3, 0.4) is 0 Å². The van der Waals surface area contributed by atoms with Crippen LogP contribution >= 0.6 is 0 Å².